The van der Waals surface area contributed by atoms with Crippen molar-refractivity contribution in [3.63, 3.8) is 0 Å². The van der Waals surface area contributed by atoms with Crippen molar-refractivity contribution < 1.29 is 16.8 Å². The maximum Gasteiger partial charge on any atom is 0.199 e. The fourth-order valence-corrected chi connectivity index (χ4v) is 9.26. The van der Waals surface area contributed by atoms with Crippen molar-refractivity contribution in [1.82, 2.24) is 0 Å². The molecule has 0 bridgehead atoms. The van der Waals surface area contributed by atoms with Gasteiger partial charge in [0, 0.05) is 6.26 Å². The van der Waals surface area contributed by atoms with Crippen molar-refractivity contribution in [3.05, 3.63) is 173 Å². The van der Waals surface area contributed by atoms with Gasteiger partial charge in [-0.15, -0.1) is 0 Å². The Morgan fingerprint density at radius 3 is 1.39 bits per heavy atom. The molecule has 0 aliphatic rings. The van der Waals surface area contributed by atoms with Crippen LogP contribution in [0.5, 0.6) is 0 Å². The lowest BCUT2D eigenvalue weighted by molar-refractivity contribution is 0.579. The highest BCUT2D eigenvalue weighted by Crippen LogP contribution is 2.43. The van der Waals surface area contributed by atoms with Crippen LogP contribution in [0.15, 0.2) is 144 Å². The molecule has 0 saturated heterocycles. The lowest BCUT2D eigenvalue weighted by Gasteiger charge is -2.24. The van der Waals surface area contributed by atoms with Gasteiger partial charge >= 0.3 is 0 Å². The number of hydrogen-bond acceptors (Lipinski definition) is 4. The molecule has 5 rings (SSSR count). The van der Waals surface area contributed by atoms with Crippen LogP contribution in [0, 0.1) is 6.92 Å². The summed E-state index contributed by atoms with van der Waals surface area (Å²) in [6.45, 7) is 1.85. The molecule has 41 heavy (non-hydrogen) atoms. The molecule has 4 nitrogen and oxygen atoms in total. The number of rotatable bonds is 8. The Morgan fingerprint density at radius 1 is 0.512 bits per heavy atom. The molecule has 0 fully saturated rings. The summed E-state index contributed by atoms with van der Waals surface area (Å²) < 4.78 is 53.3. The molecule has 0 aromatic heterocycles. The van der Waals surface area contributed by atoms with E-state index in [0.29, 0.717) is 5.56 Å². The van der Waals surface area contributed by atoms with Crippen LogP contribution in [-0.2, 0) is 19.7 Å². The van der Waals surface area contributed by atoms with Crippen molar-refractivity contribution >= 4 is 30.8 Å². The Hall–Kier alpha value is -4.26. The zero-order valence-electron chi connectivity index (χ0n) is 22.8. The summed E-state index contributed by atoms with van der Waals surface area (Å²) in [7, 11) is -8.47. The first-order valence-electron chi connectivity index (χ1n) is 13.2. The average molecular weight is 579 g/mol. The lowest BCUT2D eigenvalue weighted by Crippen LogP contribution is -2.23. The zero-order chi connectivity index (χ0) is 29.0. The van der Waals surface area contributed by atoms with E-state index in [1.807, 2.05) is 110 Å². The largest absolute Gasteiger partial charge is 0.227 e. The Balaban J connectivity index is 1.90. The molecule has 0 spiro atoms. The van der Waals surface area contributed by atoms with E-state index in [-0.39, 0.29) is 10.5 Å². The number of sulfone groups is 2. The van der Waals surface area contributed by atoms with Crippen LogP contribution in [0.3, 0.4) is 0 Å². The first kappa shape index (κ1) is 28.3. The van der Waals surface area contributed by atoms with E-state index >= 15 is 0 Å². The molecule has 0 saturated carbocycles. The first-order chi connectivity index (χ1) is 19.7. The molecule has 0 aliphatic carbocycles. The van der Waals surface area contributed by atoms with E-state index in [4.69, 9.17) is 0 Å². The van der Waals surface area contributed by atoms with Gasteiger partial charge in [-0.2, -0.15) is 0 Å². The summed E-state index contributed by atoms with van der Waals surface area (Å²) in [5.41, 5.74) is 5.91. The van der Waals surface area contributed by atoms with Crippen LogP contribution < -0.4 is 0 Å². The maximum atomic E-state index is 14.1. The zero-order valence-corrected chi connectivity index (χ0v) is 24.4. The minimum absolute atomic E-state index is 0.0371. The molecule has 0 heterocycles. The minimum Gasteiger partial charge on any atom is -0.227 e. The summed E-state index contributed by atoms with van der Waals surface area (Å²) in [5, 5.41) is 0. The van der Waals surface area contributed by atoms with E-state index in [9.17, 15) is 16.8 Å². The quantitative estimate of drug-likeness (QED) is 0.179. The first-order valence-corrected chi connectivity index (χ1v) is 16.7. The molecule has 0 N–H and O–H groups in total. The molecule has 0 amide bonds. The number of hydrogen-bond donors (Lipinski definition) is 0. The number of benzene rings is 5. The minimum atomic E-state index is -4.33. The van der Waals surface area contributed by atoms with Gasteiger partial charge in [0.15, 0.2) is 24.3 Å². The summed E-state index contributed by atoms with van der Waals surface area (Å²) in [4.78, 5) is -0.0371. The molecule has 6 heteroatoms. The Labute approximate surface area is 242 Å². The third-order valence-corrected chi connectivity index (χ3v) is 11.5. The fraction of sp³-hybridized carbons (Fsp3) is 0.0857. The van der Waals surface area contributed by atoms with Crippen LogP contribution in [0.2, 0.25) is 0 Å². The standard InChI is InChI=1S/C35H30O4S2/c1-26-22-24-30(25-23-26)41(38,39)35(40(2,36)37)32-21-13-12-20-31(32)34(29-18-10-5-11-19-29)33(27-14-6-3-7-15-27)28-16-8-4-9-17-28/h3-25,35H,1-2H3. The second kappa shape index (κ2) is 11.7. The lowest BCUT2D eigenvalue weighted by atomic mass is 9.84. The van der Waals surface area contributed by atoms with Crippen LogP contribution in [0.25, 0.3) is 11.1 Å². The molecule has 1 atom stereocenters. The van der Waals surface area contributed by atoms with E-state index in [2.05, 4.69) is 0 Å². The Bertz CT molecular complexity index is 1850. The van der Waals surface area contributed by atoms with Gasteiger partial charge in [0.2, 0.25) is 0 Å². The van der Waals surface area contributed by atoms with Gasteiger partial charge in [-0.25, -0.2) is 16.8 Å². The summed E-state index contributed by atoms with van der Waals surface area (Å²) in [6, 6.07) is 42.6. The summed E-state index contributed by atoms with van der Waals surface area (Å²) in [6.07, 6.45) is 0.987. The topological polar surface area (TPSA) is 68.3 Å². The molecule has 0 aliphatic heterocycles. The van der Waals surface area contributed by atoms with Crippen LogP contribution in [0.4, 0.5) is 0 Å². The Morgan fingerprint density at radius 2 is 0.927 bits per heavy atom. The third kappa shape index (κ3) is 5.94. The smallest absolute Gasteiger partial charge is 0.199 e. The van der Waals surface area contributed by atoms with Crippen molar-refractivity contribution in [2.75, 3.05) is 6.26 Å². The van der Waals surface area contributed by atoms with Gasteiger partial charge in [-0.1, -0.05) is 133 Å². The van der Waals surface area contributed by atoms with Gasteiger partial charge in [0.25, 0.3) is 0 Å². The van der Waals surface area contributed by atoms with Crippen LogP contribution in [-0.4, -0.2) is 23.1 Å². The molecule has 0 radical (unpaired) electrons. The highest BCUT2D eigenvalue weighted by Gasteiger charge is 2.39. The predicted molar refractivity (Wildman–Crippen MR) is 167 cm³/mol. The van der Waals surface area contributed by atoms with Crippen molar-refractivity contribution in [1.29, 1.82) is 0 Å². The maximum absolute atomic E-state index is 14.1. The highest BCUT2D eigenvalue weighted by atomic mass is 32.3. The van der Waals surface area contributed by atoms with E-state index in [0.717, 1.165) is 39.7 Å². The molecular formula is C35H30O4S2. The fourth-order valence-electron chi connectivity index (χ4n) is 5.11. The van der Waals surface area contributed by atoms with Gasteiger partial charge < -0.3 is 0 Å². The monoisotopic (exact) mass is 578 g/mol. The predicted octanol–water partition coefficient (Wildman–Crippen LogP) is 7.52. The third-order valence-electron chi connectivity index (χ3n) is 6.94. The molecular weight excluding hydrogens is 549 g/mol. The summed E-state index contributed by atoms with van der Waals surface area (Å²) >= 11 is 0. The second-order valence-corrected chi connectivity index (χ2v) is 14.4. The van der Waals surface area contributed by atoms with Gasteiger partial charge in [-0.3, -0.25) is 0 Å². The SMILES string of the molecule is Cc1ccc(S(=O)(=O)C(c2ccccc2C(=C(c2ccccc2)c2ccccc2)c2ccccc2)S(C)(=O)=O)cc1. The normalized spacial score (nSPS) is 12.4. The van der Waals surface area contributed by atoms with Gasteiger partial charge in [0.1, 0.15) is 0 Å². The van der Waals surface area contributed by atoms with E-state index in [1.165, 1.54) is 12.1 Å². The van der Waals surface area contributed by atoms with Gasteiger partial charge in [0.05, 0.1) is 4.90 Å². The highest BCUT2D eigenvalue weighted by molar-refractivity contribution is 8.08. The average Bonchev–Trinajstić information content (AvgIpc) is 2.97. The summed E-state index contributed by atoms with van der Waals surface area (Å²) in [5.74, 6) is 0. The van der Waals surface area contributed by atoms with Crippen molar-refractivity contribution in [2.24, 2.45) is 0 Å². The number of aryl methyl sites for hydroxylation is 1. The van der Waals surface area contributed by atoms with Crippen molar-refractivity contribution in [3.8, 4) is 0 Å². The Kier molecular flexibility index (Phi) is 8.06. The second-order valence-electron chi connectivity index (χ2n) is 9.95. The molecule has 5 aromatic carbocycles. The van der Waals surface area contributed by atoms with Gasteiger partial charge in [-0.05, 0) is 58.0 Å². The molecule has 1 unspecified atom stereocenters. The van der Waals surface area contributed by atoms with E-state index < -0.39 is 24.3 Å². The van der Waals surface area contributed by atoms with Crippen molar-refractivity contribution in [2.45, 2.75) is 16.4 Å². The van der Waals surface area contributed by atoms with E-state index in [1.54, 1.807) is 24.3 Å². The van der Waals surface area contributed by atoms with Crippen LogP contribution >= 0.6 is 0 Å². The molecule has 5 aromatic rings. The molecule has 206 valence electrons. The van der Waals surface area contributed by atoms with Crippen LogP contribution in [0.1, 0.15) is 38.0 Å².